The molecule has 0 atom stereocenters. The minimum absolute atomic E-state index is 0.0850. The zero-order valence-corrected chi connectivity index (χ0v) is 11.9. The Balaban J connectivity index is 2.94. The fourth-order valence-electron chi connectivity index (χ4n) is 4.23. The minimum Gasteiger partial charge on any atom is -0.469 e. The van der Waals surface area contributed by atoms with Crippen molar-refractivity contribution in [2.45, 2.75) is 53.4 Å². The first-order valence-corrected chi connectivity index (χ1v) is 6.41. The Bertz CT molecular complexity index is 279. The molecule has 0 saturated heterocycles. The van der Waals surface area contributed by atoms with Gasteiger partial charge in [-0.15, -0.1) is 0 Å². The number of nitrogens with two attached hydrogens (primary N) is 1. The molecule has 0 amide bonds. The molecule has 2 N–H and O–H groups in total. The maximum absolute atomic E-state index is 11.6. The minimum atomic E-state index is -0.135. The van der Waals surface area contributed by atoms with E-state index in [1.54, 1.807) is 0 Å². The van der Waals surface area contributed by atoms with Crippen molar-refractivity contribution < 1.29 is 9.53 Å². The molecule has 1 aliphatic rings. The van der Waals surface area contributed by atoms with Gasteiger partial charge in [-0.25, -0.2) is 0 Å². The second-order valence-electron chi connectivity index (χ2n) is 7.32. The van der Waals surface area contributed by atoms with Gasteiger partial charge in [0.05, 0.1) is 13.5 Å². The highest BCUT2D eigenvalue weighted by atomic mass is 16.5. The third kappa shape index (κ3) is 3.70. The number of carbonyl (C=O) groups is 1. The first-order chi connectivity index (χ1) is 7.64. The molecule has 3 nitrogen and oxygen atoms in total. The molecular formula is C14H27NO2. The van der Waals surface area contributed by atoms with Crippen LogP contribution in [0.15, 0.2) is 0 Å². The van der Waals surface area contributed by atoms with Gasteiger partial charge in [-0.1, -0.05) is 27.7 Å². The van der Waals surface area contributed by atoms with Crippen molar-refractivity contribution in [1.82, 2.24) is 0 Å². The van der Waals surface area contributed by atoms with Gasteiger partial charge >= 0.3 is 5.97 Å². The number of carbonyl (C=O) groups excluding carboxylic acids is 1. The van der Waals surface area contributed by atoms with Crippen molar-refractivity contribution in [1.29, 1.82) is 0 Å². The molecule has 1 aliphatic carbocycles. The molecule has 0 aliphatic heterocycles. The van der Waals surface area contributed by atoms with Crippen LogP contribution in [-0.4, -0.2) is 19.6 Å². The molecule has 100 valence electrons. The smallest absolute Gasteiger partial charge is 0.306 e. The van der Waals surface area contributed by atoms with Gasteiger partial charge in [-0.3, -0.25) is 4.79 Å². The van der Waals surface area contributed by atoms with E-state index in [0.717, 1.165) is 12.8 Å². The zero-order valence-electron chi connectivity index (χ0n) is 11.9. The lowest BCUT2D eigenvalue weighted by atomic mass is 9.54. The summed E-state index contributed by atoms with van der Waals surface area (Å²) in [6.07, 6.45) is 3.65. The van der Waals surface area contributed by atoms with Gasteiger partial charge in [-0.2, -0.15) is 0 Å². The van der Waals surface area contributed by atoms with Crippen molar-refractivity contribution in [3.8, 4) is 0 Å². The average molecular weight is 241 g/mol. The average Bonchev–Trinajstić information content (AvgIpc) is 2.12. The summed E-state index contributed by atoms with van der Waals surface area (Å²) in [5, 5.41) is 0. The molecular weight excluding hydrogens is 214 g/mol. The Morgan fingerprint density at radius 3 is 1.94 bits per heavy atom. The van der Waals surface area contributed by atoms with Crippen molar-refractivity contribution in [3.63, 3.8) is 0 Å². The van der Waals surface area contributed by atoms with Crippen molar-refractivity contribution >= 4 is 5.97 Å². The fourth-order valence-corrected chi connectivity index (χ4v) is 4.23. The van der Waals surface area contributed by atoms with Crippen LogP contribution in [0, 0.1) is 16.2 Å². The van der Waals surface area contributed by atoms with E-state index in [2.05, 4.69) is 27.7 Å². The second-order valence-corrected chi connectivity index (χ2v) is 7.32. The molecule has 0 spiro atoms. The normalized spacial score (nSPS) is 25.3. The van der Waals surface area contributed by atoms with Crippen LogP contribution >= 0.6 is 0 Å². The number of methoxy groups -OCH3 is 1. The van der Waals surface area contributed by atoms with E-state index >= 15 is 0 Å². The summed E-state index contributed by atoms with van der Waals surface area (Å²) < 4.78 is 4.82. The van der Waals surface area contributed by atoms with Crippen LogP contribution in [0.25, 0.3) is 0 Å². The van der Waals surface area contributed by atoms with E-state index in [4.69, 9.17) is 10.5 Å². The van der Waals surface area contributed by atoms with E-state index in [-0.39, 0.29) is 22.2 Å². The van der Waals surface area contributed by atoms with Crippen LogP contribution in [-0.2, 0) is 9.53 Å². The Labute approximate surface area is 105 Å². The van der Waals surface area contributed by atoms with Crippen LogP contribution in [0.5, 0.6) is 0 Å². The summed E-state index contributed by atoms with van der Waals surface area (Å²) in [4.78, 5) is 11.6. The maximum atomic E-state index is 11.6. The highest BCUT2D eigenvalue weighted by Crippen LogP contribution is 2.55. The molecule has 0 aromatic heterocycles. The lowest BCUT2D eigenvalue weighted by molar-refractivity contribution is -0.145. The molecule has 0 unspecified atom stereocenters. The summed E-state index contributed by atoms with van der Waals surface area (Å²) in [5.41, 5.74) is 6.38. The molecule has 1 fully saturated rings. The van der Waals surface area contributed by atoms with Gasteiger partial charge in [0.25, 0.3) is 0 Å². The van der Waals surface area contributed by atoms with E-state index in [1.807, 2.05) is 0 Å². The molecule has 0 radical (unpaired) electrons. The van der Waals surface area contributed by atoms with Crippen LogP contribution in [0.2, 0.25) is 0 Å². The van der Waals surface area contributed by atoms with Crippen LogP contribution in [0.4, 0.5) is 0 Å². The predicted octanol–water partition coefficient (Wildman–Crippen LogP) is 2.73. The SMILES string of the molecule is COC(=O)CC1(CN)CC(C)(C)CC(C)(C)C1. The first-order valence-electron chi connectivity index (χ1n) is 6.41. The molecule has 0 heterocycles. The molecule has 1 saturated carbocycles. The van der Waals surface area contributed by atoms with Gasteiger partial charge in [-0.05, 0) is 42.1 Å². The monoisotopic (exact) mass is 241 g/mol. The summed E-state index contributed by atoms with van der Waals surface area (Å²) >= 11 is 0. The van der Waals surface area contributed by atoms with Gasteiger partial charge in [0.1, 0.15) is 0 Å². The number of esters is 1. The highest BCUT2D eigenvalue weighted by Gasteiger charge is 2.47. The third-order valence-electron chi connectivity index (χ3n) is 3.84. The number of ether oxygens (including phenoxy) is 1. The van der Waals surface area contributed by atoms with Crippen LogP contribution in [0.1, 0.15) is 53.4 Å². The summed E-state index contributed by atoms with van der Waals surface area (Å²) in [6, 6.07) is 0. The molecule has 0 bridgehead atoms. The Hall–Kier alpha value is -0.570. The lowest BCUT2D eigenvalue weighted by Crippen LogP contribution is -2.46. The standard InChI is InChI=1S/C14H27NO2/c1-12(2)7-13(3,4)9-14(8-12,10-15)6-11(16)17-5/h6-10,15H2,1-5H3. The van der Waals surface area contributed by atoms with E-state index < -0.39 is 0 Å². The Morgan fingerprint density at radius 2 is 1.59 bits per heavy atom. The van der Waals surface area contributed by atoms with Crippen molar-refractivity contribution in [2.24, 2.45) is 22.0 Å². The van der Waals surface area contributed by atoms with Crippen molar-refractivity contribution in [3.05, 3.63) is 0 Å². The van der Waals surface area contributed by atoms with E-state index in [1.165, 1.54) is 13.5 Å². The number of rotatable bonds is 3. The van der Waals surface area contributed by atoms with E-state index in [9.17, 15) is 4.79 Å². The highest BCUT2D eigenvalue weighted by molar-refractivity contribution is 5.70. The zero-order chi connectivity index (χ0) is 13.3. The van der Waals surface area contributed by atoms with Crippen LogP contribution in [0.3, 0.4) is 0 Å². The predicted molar refractivity (Wildman–Crippen MR) is 69.5 cm³/mol. The topological polar surface area (TPSA) is 52.3 Å². The second kappa shape index (κ2) is 4.60. The summed E-state index contributed by atoms with van der Waals surface area (Å²) in [6.45, 7) is 9.66. The van der Waals surface area contributed by atoms with E-state index in [0.29, 0.717) is 13.0 Å². The molecule has 17 heavy (non-hydrogen) atoms. The summed E-state index contributed by atoms with van der Waals surface area (Å²) in [5.74, 6) is -0.135. The van der Waals surface area contributed by atoms with Gasteiger partial charge in [0.15, 0.2) is 0 Å². The van der Waals surface area contributed by atoms with Crippen molar-refractivity contribution in [2.75, 3.05) is 13.7 Å². The molecule has 1 rings (SSSR count). The molecule has 3 heteroatoms. The van der Waals surface area contributed by atoms with Crippen LogP contribution < -0.4 is 5.73 Å². The van der Waals surface area contributed by atoms with Gasteiger partial charge < -0.3 is 10.5 Å². The van der Waals surface area contributed by atoms with Gasteiger partial charge in [0, 0.05) is 0 Å². The fraction of sp³-hybridized carbons (Fsp3) is 0.929. The Morgan fingerprint density at radius 1 is 1.12 bits per heavy atom. The van der Waals surface area contributed by atoms with Gasteiger partial charge in [0.2, 0.25) is 0 Å². The lowest BCUT2D eigenvalue weighted by Gasteiger charge is -2.51. The number of hydrogen-bond donors (Lipinski definition) is 1. The first kappa shape index (κ1) is 14.5. The number of hydrogen-bond acceptors (Lipinski definition) is 3. The maximum Gasteiger partial charge on any atom is 0.306 e. The molecule has 0 aromatic rings. The third-order valence-corrected chi connectivity index (χ3v) is 3.84. The summed E-state index contributed by atoms with van der Waals surface area (Å²) in [7, 11) is 1.45. The molecule has 0 aromatic carbocycles. The largest absolute Gasteiger partial charge is 0.469 e. The Kier molecular flexibility index (Phi) is 3.92. The quantitative estimate of drug-likeness (QED) is 0.773.